The second-order valence-corrected chi connectivity index (χ2v) is 6.40. The van der Waals surface area contributed by atoms with Crippen LogP contribution in [0.1, 0.15) is 37.2 Å². The molecule has 0 saturated carbocycles. The molecule has 0 aliphatic rings. The fraction of sp³-hybridized carbons (Fsp3) is 0.357. The van der Waals surface area contributed by atoms with Gasteiger partial charge in [0.2, 0.25) is 0 Å². The van der Waals surface area contributed by atoms with E-state index in [2.05, 4.69) is 26.0 Å². The Morgan fingerprint density at radius 3 is 2.57 bits per heavy atom. The number of methoxy groups -OCH3 is 1. The van der Waals surface area contributed by atoms with E-state index < -0.39 is 5.97 Å². The average molecular weight is 354 g/mol. The Morgan fingerprint density at radius 2 is 2.05 bits per heavy atom. The van der Waals surface area contributed by atoms with Gasteiger partial charge in [0.05, 0.1) is 12.8 Å². The van der Waals surface area contributed by atoms with Gasteiger partial charge in [0, 0.05) is 16.0 Å². The number of carboxylic acid groups (broad SMARTS) is 1. The first-order valence-electron chi connectivity index (χ1n) is 6.29. The molecular weight excluding hydrogens is 338 g/mol. The minimum absolute atomic E-state index is 0.227. The summed E-state index contributed by atoms with van der Waals surface area (Å²) in [4.78, 5) is 15.3. The summed E-state index contributed by atoms with van der Waals surface area (Å²) in [5.74, 6) is -0.165. The highest BCUT2D eigenvalue weighted by atomic mass is 79.9. The Labute approximate surface area is 130 Å². The van der Waals surface area contributed by atoms with Crippen molar-refractivity contribution in [3.05, 3.63) is 34.3 Å². The summed E-state index contributed by atoms with van der Waals surface area (Å²) < 4.78 is 7.52. The van der Waals surface area contributed by atoms with Crippen molar-refractivity contribution < 1.29 is 14.6 Å². The summed E-state index contributed by atoms with van der Waals surface area (Å²) in [6, 6.07) is 5.40. The van der Waals surface area contributed by atoms with E-state index in [1.54, 1.807) is 19.2 Å². The number of benzene rings is 1. The van der Waals surface area contributed by atoms with Crippen LogP contribution in [-0.4, -0.2) is 33.0 Å². The molecule has 0 radical (unpaired) electrons. The summed E-state index contributed by atoms with van der Waals surface area (Å²) in [7, 11) is 1.57. The van der Waals surface area contributed by atoms with Crippen LogP contribution in [0.15, 0.2) is 22.7 Å². The molecule has 1 heterocycles. The highest BCUT2D eigenvalue weighted by molar-refractivity contribution is 9.10. The number of aromatic carboxylic acids is 1. The Morgan fingerprint density at radius 1 is 1.38 bits per heavy atom. The van der Waals surface area contributed by atoms with E-state index in [1.807, 2.05) is 26.8 Å². The topological polar surface area (TPSA) is 77.2 Å². The molecule has 0 aliphatic heterocycles. The van der Waals surface area contributed by atoms with Gasteiger partial charge < -0.3 is 9.84 Å². The van der Waals surface area contributed by atoms with Gasteiger partial charge in [-0.2, -0.15) is 0 Å². The first kappa shape index (κ1) is 15.5. The molecule has 0 saturated heterocycles. The normalized spacial score (nSPS) is 11.5. The van der Waals surface area contributed by atoms with E-state index in [4.69, 9.17) is 9.84 Å². The van der Waals surface area contributed by atoms with Crippen LogP contribution < -0.4 is 4.74 Å². The van der Waals surface area contributed by atoms with Gasteiger partial charge in [-0.25, -0.2) is 14.5 Å². The minimum Gasteiger partial charge on any atom is -0.497 e. The van der Waals surface area contributed by atoms with Crippen LogP contribution in [-0.2, 0) is 5.41 Å². The maximum Gasteiger partial charge on any atom is 0.375 e. The lowest BCUT2D eigenvalue weighted by atomic mass is 9.95. The second-order valence-electron chi connectivity index (χ2n) is 5.54. The standard InChI is InChI=1S/C14H16BrN3O3/c1-14(2,3)13-16-11(12(19)20)17-18(13)10-7-8(21-4)5-6-9(10)15/h5-7H,1-4H3,(H,19,20). The molecule has 0 atom stereocenters. The molecule has 2 rings (SSSR count). The van der Waals surface area contributed by atoms with Crippen molar-refractivity contribution in [3.63, 3.8) is 0 Å². The number of carboxylic acids is 1. The molecule has 6 nitrogen and oxygen atoms in total. The van der Waals surface area contributed by atoms with Crippen LogP contribution in [0.2, 0.25) is 0 Å². The van der Waals surface area contributed by atoms with Crippen LogP contribution in [0.3, 0.4) is 0 Å². The number of carbonyl (C=O) groups is 1. The Bertz CT molecular complexity index is 689. The Hall–Kier alpha value is -1.89. The van der Waals surface area contributed by atoms with Gasteiger partial charge in [0.1, 0.15) is 11.6 Å². The van der Waals surface area contributed by atoms with Crippen LogP contribution in [0.5, 0.6) is 5.75 Å². The maximum atomic E-state index is 11.2. The van der Waals surface area contributed by atoms with E-state index in [0.29, 0.717) is 17.3 Å². The quantitative estimate of drug-likeness (QED) is 0.917. The molecule has 7 heteroatoms. The summed E-state index contributed by atoms with van der Waals surface area (Å²) in [5, 5.41) is 13.2. The zero-order valence-electron chi connectivity index (χ0n) is 12.2. The van der Waals surface area contributed by atoms with Crippen molar-refractivity contribution in [1.29, 1.82) is 0 Å². The first-order valence-corrected chi connectivity index (χ1v) is 7.08. The van der Waals surface area contributed by atoms with Crippen molar-refractivity contribution in [2.24, 2.45) is 0 Å². The summed E-state index contributed by atoms with van der Waals surface area (Å²) in [5.41, 5.74) is 0.322. The van der Waals surface area contributed by atoms with Crippen LogP contribution in [0.25, 0.3) is 5.69 Å². The van der Waals surface area contributed by atoms with Gasteiger partial charge in [0.25, 0.3) is 5.82 Å². The molecule has 0 aliphatic carbocycles. The molecule has 1 aromatic heterocycles. The van der Waals surface area contributed by atoms with Gasteiger partial charge in [-0.3, -0.25) is 0 Å². The lowest BCUT2D eigenvalue weighted by Crippen LogP contribution is -2.19. The second kappa shape index (κ2) is 5.48. The summed E-state index contributed by atoms with van der Waals surface area (Å²) in [6.45, 7) is 5.85. The molecule has 0 unspecified atom stereocenters. The van der Waals surface area contributed by atoms with Crippen molar-refractivity contribution in [2.75, 3.05) is 7.11 Å². The number of hydrogen-bond donors (Lipinski definition) is 1. The third kappa shape index (κ3) is 3.07. The van der Waals surface area contributed by atoms with E-state index in [1.165, 1.54) is 4.68 Å². The highest BCUT2D eigenvalue weighted by Gasteiger charge is 2.26. The number of halogens is 1. The van der Waals surface area contributed by atoms with Crippen molar-refractivity contribution in [2.45, 2.75) is 26.2 Å². The van der Waals surface area contributed by atoms with E-state index in [-0.39, 0.29) is 11.2 Å². The number of nitrogens with zero attached hydrogens (tertiary/aromatic N) is 3. The van der Waals surface area contributed by atoms with E-state index in [0.717, 1.165) is 4.47 Å². The summed E-state index contributed by atoms with van der Waals surface area (Å²) in [6.07, 6.45) is 0. The smallest absolute Gasteiger partial charge is 0.375 e. The van der Waals surface area contributed by atoms with Crippen LogP contribution >= 0.6 is 15.9 Å². The van der Waals surface area contributed by atoms with Crippen molar-refractivity contribution in [1.82, 2.24) is 14.8 Å². The number of ether oxygens (including phenoxy) is 1. The van der Waals surface area contributed by atoms with Gasteiger partial charge in [-0.05, 0) is 28.1 Å². The lowest BCUT2D eigenvalue weighted by Gasteiger charge is -2.19. The van der Waals surface area contributed by atoms with Crippen LogP contribution in [0, 0.1) is 0 Å². The molecule has 1 N–H and O–H groups in total. The van der Waals surface area contributed by atoms with Gasteiger partial charge >= 0.3 is 5.97 Å². The van der Waals surface area contributed by atoms with Crippen molar-refractivity contribution in [3.8, 4) is 11.4 Å². The molecule has 1 aromatic carbocycles. The molecule has 0 amide bonds. The largest absolute Gasteiger partial charge is 0.497 e. The lowest BCUT2D eigenvalue weighted by molar-refractivity contribution is 0.0683. The Kier molecular flexibility index (Phi) is 4.04. The Balaban J connectivity index is 2.70. The SMILES string of the molecule is COc1ccc(Br)c(-n2nc(C(=O)O)nc2C(C)(C)C)c1. The third-order valence-electron chi connectivity index (χ3n) is 2.85. The fourth-order valence-corrected chi connectivity index (χ4v) is 2.25. The average Bonchev–Trinajstić information content (AvgIpc) is 2.84. The third-order valence-corrected chi connectivity index (χ3v) is 3.52. The van der Waals surface area contributed by atoms with Crippen molar-refractivity contribution >= 4 is 21.9 Å². The molecular formula is C14H16BrN3O3. The van der Waals surface area contributed by atoms with Gasteiger partial charge in [0.15, 0.2) is 0 Å². The number of hydrogen-bond acceptors (Lipinski definition) is 4. The highest BCUT2D eigenvalue weighted by Crippen LogP contribution is 2.30. The molecule has 2 aromatic rings. The predicted molar refractivity (Wildman–Crippen MR) is 81.3 cm³/mol. The first-order chi connectivity index (χ1) is 9.74. The van der Waals surface area contributed by atoms with E-state index in [9.17, 15) is 4.79 Å². The predicted octanol–water partition coefficient (Wildman–Crippen LogP) is 3.03. The van der Waals surface area contributed by atoms with Crippen LogP contribution in [0.4, 0.5) is 0 Å². The summed E-state index contributed by atoms with van der Waals surface area (Å²) >= 11 is 3.45. The van der Waals surface area contributed by atoms with E-state index >= 15 is 0 Å². The number of rotatable bonds is 3. The van der Waals surface area contributed by atoms with Gasteiger partial charge in [-0.1, -0.05) is 20.8 Å². The monoisotopic (exact) mass is 353 g/mol. The minimum atomic E-state index is -1.15. The zero-order chi connectivity index (χ0) is 15.8. The number of aromatic nitrogens is 3. The molecule has 21 heavy (non-hydrogen) atoms. The molecule has 0 bridgehead atoms. The molecule has 0 fully saturated rings. The molecule has 0 spiro atoms. The maximum absolute atomic E-state index is 11.2. The zero-order valence-corrected chi connectivity index (χ0v) is 13.8. The fourth-order valence-electron chi connectivity index (χ4n) is 1.84. The molecule has 112 valence electrons. The van der Waals surface area contributed by atoms with Gasteiger partial charge in [-0.15, -0.1) is 5.10 Å².